The maximum Gasteiger partial charge on any atom is 0.270 e. The SMILES string of the molecule is O=[N+]([O-])c1ccc2nc(CN3CCC(c4ccc(F)cc4)CC3)ccc2c1. The molecule has 0 atom stereocenters. The van der Waals surface area contributed by atoms with E-state index in [1.807, 2.05) is 24.3 Å². The zero-order chi connectivity index (χ0) is 18.8. The Kier molecular flexibility index (Phi) is 4.81. The third-order valence-electron chi connectivity index (χ3n) is 5.26. The van der Waals surface area contributed by atoms with Gasteiger partial charge >= 0.3 is 0 Å². The van der Waals surface area contributed by atoms with E-state index in [0.717, 1.165) is 49.1 Å². The Labute approximate surface area is 156 Å². The van der Waals surface area contributed by atoms with E-state index in [0.29, 0.717) is 5.92 Å². The van der Waals surface area contributed by atoms with Gasteiger partial charge in [0.1, 0.15) is 5.82 Å². The van der Waals surface area contributed by atoms with Gasteiger partial charge in [0.25, 0.3) is 5.69 Å². The Balaban J connectivity index is 1.40. The van der Waals surface area contributed by atoms with Crippen molar-refractivity contribution in [3.63, 3.8) is 0 Å². The van der Waals surface area contributed by atoms with E-state index in [2.05, 4.69) is 9.88 Å². The molecule has 0 bridgehead atoms. The van der Waals surface area contributed by atoms with Crippen molar-refractivity contribution in [3.05, 3.63) is 81.8 Å². The van der Waals surface area contributed by atoms with Gasteiger partial charge in [0.05, 0.1) is 16.1 Å². The van der Waals surface area contributed by atoms with Crippen molar-refractivity contribution in [2.75, 3.05) is 13.1 Å². The van der Waals surface area contributed by atoms with Gasteiger partial charge in [-0.2, -0.15) is 0 Å². The number of piperidine rings is 1. The Morgan fingerprint density at radius 1 is 1.07 bits per heavy atom. The Hall–Kier alpha value is -2.86. The van der Waals surface area contributed by atoms with Crippen molar-refractivity contribution in [1.29, 1.82) is 0 Å². The molecule has 0 N–H and O–H groups in total. The molecule has 3 aromatic rings. The predicted octanol–water partition coefficient (Wildman–Crippen LogP) is 4.66. The molecule has 5 nitrogen and oxygen atoms in total. The van der Waals surface area contributed by atoms with Gasteiger partial charge < -0.3 is 0 Å². The molecule has 0 aliphatic carbocycles. The molecule has 0 unspecified atom stereocenters. The molecule has 0 radical (unpaired) electrons. The molecule has 0 saturated carbocycles. The molecule has 138 valence electrons. The van der Waals surface area contributed by atoms with Crippen molar-refractivity contribution in [3.8, 4) is 0 Å². The van der Waals surface area contributed by atoms with E-state index in [9.17, 15) is 14.5 Å². The lowest BCUT2D eigenvalue weighted by Gasteiger charge is -2.32. The highest BCUT2D eigenvalue weighted by atomic mass is 19.1. The number of nitro groups is 1. The first-order valence-electron chi connectivity index (χ1n) is 9.10. The van der Waals surface area contributed by atoms with E-state index in [-0.39, 0.29) is 11.5 Å². The van der Waals surface area contributed by atoms with Crippen LogP contribution in [0.25, 0.3) is 10.9 Å². The molecule has 2 aromatic carbocycles. The van der Waals surface area contributed by atoms with E-state index in [4.69, 9.17) is 0 Å². The standard InChI is InChI=1S/C21H20FN3O2/c22-18-4-1-15(2-5-18)16-9-11-24(12-10-16)14-19-6-3-17-13-20(25(26)27)7-8-21(17)23-19/h1-8,13,16H,9-12,14H2. The second-order valence-corrected chi connectivity index (χ2v) is 7.04. The number of halogens is 1. The summed E-state index contributed by atoms with van der Waals surface area (Å²) in [7, 11) is 0. The van der Waals surface area contributed by atoms with Gasteiger partial charge in [-0.25, -0.2) is 4.39 Å². The number of hydrogen-bond donors (Lipinski definition) is 0. The van der Waals surface area contributed by atoms with Crippen LogP contribution in [-0.4, -0.2) is 27.9 Å². The van der Waals surface area contributed by atoms with E-state index in [1.54, 1.807) is 12.1 Å². The van der Waals surface area contributed by atoms with Crippen LogP contribution in [0, 0.1) is 15.9 Å². The number of likely N-dealkylation sites (tertiary alicyclic amines) is 1. The monoisotopic (exact) mass is 365 g/mol. The van der Waals surface area contributed by atoms with Crippen LogP contribution in [0.5, 0.6) is 0 Å². The van der Waals surface area contributed by atoms with Crippen LogP contribution in [0.3, 0.4) is 0 Å². The third-order valence-corrected chi connectivity index (χ3v) is 5.26. The summed E-state index contributed by atoms with van der Waals surface area (Å²) >= 11 is 0. The van der Waals surface area contributed by atoms with Gasteiger partial charge in [0.15, 0.2) is 0 Å². The second-order valence-electron chi connectivity index (χ2n) is 7.04. The van der Waals surface area contributed by atoms with Crippen molar-refractivity contribution in [2.45, 2.75) is 25.3 Å². The number of fused-ring (bicyclic) bond motifs is 1. The number of non-ortho nitro benzene ring substituents is 1. The highest BCUT2D eigenvalue weighted by Crippen LogP contribution is 2.29. The van der Waals surface area contributed by atoms with Gasteiger partial charge in [0.2, 0.25) is 0 Å². The Morgan fingerprint density at radius 3 is 2.52 bits per heavy atom. The minimum Gasteiger partial charge on any atom is -0.297 e. The highest BCUT2D eigenvalue weighted by Gasteiger charge is 2.21. The van der Waals surface area contributed by atoms with Crippen LogP contribution in [0.15, 0.2) is 54.6 Å². The average molecular weight is 365 g/mol. The highest BCUT2D eigenvalue weighted by molar-refractivity contribution is 5.81. The molecule has 1 aliphatic rings. The van der Waals surface area contributed by atoms with Crippen molar-refractivity contribution < 1.29 is 9.31 Å². The topological polar surface area (TPSA) is 59.3 Å². The van der Waals surface area contributed by atoms with E-state index in [1.165, 1.54) is 23.8 Å². The molecular weight excluding hydrogens is 345 g/mol. The zero-order valence-corrected chi connectivity index (χ0v) is 14.8. The molecule has 0 amide bonds. The summed E-state index contributed by atoms with van der Waals surface area (Å²) in [6.07, 6.45) is 2.09. The first kappa shape index (κ1) is 17.5. The van der Waals surface area contributed by atoms with Crippen LogP contribution in [0.2, 0.25) is 0 Å². The maximum atomic E-state index is 13.1. The van der Waals surface area contributed by atoms with Gasteiger partial charge in [-0.1, -0.05) is 18.2 Å². The second kappa shape index (κ2) is 7.40. The Morgan fingerprint density at radius 2 is 1.81 bits per heavy atom. The number of pyridine rings is 1. The number of hydrogen-bond acceptors (Lipinski definition) is 4. The van der Waals surface area contributed by atoms with Crippen LogP contribution in [0.4, 0.5) is 10.1 Å². The minimum absolute atomic E-state index is 0.0833. The van der Waals surface area contributed by atoms with Crippen LogP contribution in [0.1, 0.15) is 30.0 Å². The molecule has 1 saturated heterocycles. The molecule has 0 spiro atoms. The lowest BCUT2D eigenvalue weighted by Crippen LogP contribution is -2.32. The number of rotatable bonds is 4. The summed E-state index contributed by atoms with van der Waals surface area (Å²) < 4.78 is 13.1. The number of nitrogens with zero attached hydrogens (tertiary/aromatic N) is 3. The molecule has 6 heteroatoms. The minimum atomic E-state index is -0.390. The fourth-order valence-corrected chi connectivity index (χ4v) is 3.75. The summed E-state index contributed by atoms with van der Waals surface area (Å²) in [4.78, 5) is 17.5. The summed E-state index contributed by atoms with van der Waals surface area (Å²) in [5.74, 6) is 0.288. The van der Waals surface area contributed by atoms with Gasteiger partial charge in [-0.15, -0.1) is 0 Å². The van der Waals surface area contributed by atoms with Crippen LogP contribution < -0.4 is 0 Å². The van der Waals surface area contributed by atoms with Crippen molar-refractivity contribution in [2.24, 2.45) is 0 Å². The van der Waals surface area contributed by atoms with Crippen LogP contribution >= 0.6 is 0 Å². The number of benzene rings is 2. The Bertz CT molecular complexity index is 967. The largest absolute Gasteiger partial charge is 0.297 e. The first-order valence-corrected chi connectivity index (χ1v) is 9.10. The number of aromatic nitrogens is 1. The summed E-state index contributed by atoms with van der Waals surface area (Å²) in [5, 5.41) is 11.7. The molecule has 1 aromatic heterocycles. The smallest absolute Gasteiger partial charge is 0.270 e. The lowest BCUT2D eigenvalue weighted by molar-refractivity contribution is -0.384. The summed E-state index contributed by atoms with van der Waals surface area (Å²) in [6, 6.07) is 15.4. The van der Waals surface area contributed by atoms with E-state index >= 15 is 0 Å². The first-order chi connectivity index (χ1) is 13.1. The fourth-order valence-electron chi connectivity index (χ4n) is 3.75. The summed E-state index contributed by atoms with van der Waals surface area (Å²) in [5.41, 5.74) is 3.04. The molecule has 4 rings (SSSR count). The summed E-state index contributed by atoms with van der Waals surface area (Å²) in [6.45, 7) is 2.72. The quantitative estimate of drug-likeness (QED) is 0.498. The molecule has 1 fully saturated rings. The predicted molar refractivity (Wildman–Crippen MR) is 102 cm³/mol. The normalized spacial score (nSPS) is 15.9. The number of nitro benzene ring substituents is 1. The van der Waals surface area contributed by atoms with E-state index < -0.39 is 4.92 Å². The molecular formula is C21H20FN3O2. The van der Waals surface area contributed by atoms with Crippen LogP contribution in [-0.2, 0) is 6.54 Å². The van der Waals surface area contributed by atoms with Gasteiger partial charge in [-0.3, -0.25) is 20.0 Å². The van der Waals surface area contributed by atoms with Crippen molar-refractivity contribution >= 4 is 16.6 Å². The van der Waals surface area contributed by atoms with Crippen molar-refractivity contribution in [1.82, 2.24) is 9.88 Å². The maximum absolute atomic E-state index is 13.1. The van der Waals surface area contributed by atoms with Gasteiger partial charge in [-0.05, 0) is 61.7 Å². The third kappa shape index (κ3) is 3.95. The molecule has 2 heterocycles. The molecule has 1 aliphatic heterocycles. The van der Waals surface area contributed by atoms with Gasteiger partial charge in [0, 0.05) is 24.1 Å². The fraction of sp³-hybridized carbons (Fsp3) is 0.286. The lowest BCUT2D eigenvalue weighted by atomic mass is 9.89. The zero-order valence-electron chi connectivity index (χ0n) is 14.8. The average Bonchev–Trinajstić information content (AvgIpc) is 2.69. The molecule has 27 heavy (non-hydrogen) atoms.